The molecule has 0 saturated heterocycles. The molecule has 0 saturated carbocycles. The Labute approximate surface area is 250 Å². The van der Waals surface area contributed by atoms with Crippen LogP contribution in [0.15, 0.2) is 115 Å². The van der Waals surface area contributed by atoms with Gasteiger partial charge in [-0.15, -0.1) is 0 Å². The first kappa shape index (κ1) is 28.7. The highest BCUT2D eigenvalue weighted by Gasteiger charge is 2.37. The third kappa shape index (κ3) is 5.22. The lowest BCUT2D eigenvalue weighted by molar-refractivity contribution is -0.138. The van der Waals surface area contributed by atoms with Crippen molar-refractivity contribution in [3.8, 4) is 22.3 Å². The molecule has 0 fully saturated rings. The third-order valence-corrected chi connectivity index (χ3v) is 8.11. The first-order valence-electron chi connectivity index (χ1n) is 13.4. The highest BCUT2D eigenvalue weighted by atomic mass is 32.1. The number of fused-ring (bicyclic) bond motifs is 3. The third-order valence-electron chi connectivity index (χ3n) is 7.66. The lowest BCUT2D eigenvalue weighted by atomic mass is 9.82. The van der Waals surface area contributed by atoms with E-state index in [1.54, 1.807) is 42.5 Å². The van der Waals surface area contributed by atoms with Crippen LogP contribution in [0.5, 0.6) is 0 Å². The minimum absolute atomic E-state index is 0.251. The maximum atomic E-state index is 14.0. The van der Waals surface area contributed by atoms with Crippen molar-refractivity contribution in [3.05, 3.63) is 132 Å². The summed E-state index contributed by atoms with van der Waals surface area (Å²) < 4.78 is 85.3. The SMILES string of the molecule is CC1c2c(-c3cc(C(F)(F)F)ccc3N(S)c3ccccc3)cccc2-c2cc(C(F)(F)F)ccc2N1c1ccccc1. The van der Waals surface area contributed by atoms with Crippen LogP contribution in [0.3, 0.4) is 0 Å². The Morgan fingerprint density at radius 3 is 1.74 bits per heavy atom. The molecule has 6 rings (SSSR count). The lowest BCUT2D eigenvalue weighted by Crippen LogP contribution is -2.27. The number of halogens is 6. The highest BCUT2D eigenvalue weighted by molar-refractivity contribution is 7.82. The van der Waals surface area contributed by atoms with Crippen molar-refractivity contribution < 1.29 is 26.3 Å². The summed E-state index contributed by atoms with van der Waals surface area (Å²) in [6.45, 7) is 1.90. The Morgan fingerprint density at radius 1 is 0.605 bits per heavy atom. The minimum Gasteiger partial charge on any atom is -0.334 e. The molecule has 9 heteroatoms. The summed E-state index contributed by atoms with van der Waals surface area (Å²) in [7, 11) is 0. The molecule has 218 valence electrons. The summed E-state index contributed by atoms with van der Waals surface area (Å²) in [5.74, 6) is 0. The molecular weight excluding hydrogens is 582 g/mol. The number of hydrogen-bond acceptors (Lipinski definition) is 3. The number of nitrogens with zero attached hydrogens (tertiary/aromatic N) is 2. The van der Waals surface area contributed by atoms with E-state index in [4.69, 9.17) is 0 Å². The van der Waals surface area contributed by atoms with Gasteiger partial charge >= 0.3 is 12.4 Å². The largest absolute Gasteiger partial charge is 0.416 e. The van der Waals surface area contributed by atoms with E-state index in [1.165, 1.54) is 16.4 Å². The zero-order valence-corrected chi connectivity index (χ0v) is 23.6. The fourth-order valence-electron chi connectivity index (χ4n) is 5.73. The lowest BCUT2D eigenvalue weighted by Gasteiger charge is -2.40. The Balaban J connectivity index is 1.65. The summed E-state index contributed by atoms with van der Waals surface area (Å²) in [4.78, 5) is 1.92. The first-order chi connectivity index (χ1) is 20.4. The van der Waals surface area contributed by atoms with Gasteiger partial charge in [0.25, 0.3) is 0 Å². The summed E-state index contributed by atoms with van der Waals surface area (Å²) in [5.41, 5.74) is 2.86. The second kappa shape index (κ2) is 10.7. The van der Waals surface area contributed by atoms with E-state index in [1.807, 2.05) is 48.2 Å². The minimum atomic E-state index is -4.62. The molecule has 0 bridgehead atoms. The van der Waals surface area contributed by atoms with Gasteiger partial charge in [0.15, 0.2) is 0 Å². The molecule has 5 aromatic carbocycles. The quantitative estimate of drug-likeness (QED) is 0.161. The summed E-state index contributed by atoms with van der Waals surface area (Å²) in [6.07, 6.45) is -9.20. The maximum absolute atomic E-state index is 14.0. The number of para-hydroxylation sites is 2. The second-order valence-corrected chi connectivity index (χ2v) is 10.7. The van der Waals surface area contributed by atoms with E-state index >= 15 is 0 Å². The van der Waals surface area contributed by atoms with E-state index in [0.717, 1.165) is 30.0 Å². The van der Waals surface area contributed by atoms with Crippen molar-refractivity contribution in [2.75, 3.05) is 9.21 Å². The van der Waals surface area contributed by atoms with Crippen molar-refractivity contribution in [2.45, 2.75) is 25.3 Å². The first-order valence-corrected chi connectivity index (χ1v) is 13.8. The Bertz CT molecular complexity index is 1790. The fraction of sp³-hybridized carbons (Fsp3) is 0.118. The van der Waals surface area contributed by atoms with Crippen molar-refractivity contribution in [1.29, 1.82) is 0 Å². The van der Waals surface area contributed by atoms with Crippen LogP contribution in [0.1, 0.15) is 29.7 Å². The molecule has 1 unspecified atom stereocenters. The predicted octanol–water partition coefficient (Wildman–Crippen LogP) is 11.3. The van der Waals surface area contributed by atoms with E-state index in [0.29, 0.717) is 39.3 Å². The van der Waals surface area contributed by atoms with Crippen molar-refractivity contribution >= 4 is 35.6 Å². The van der Waals surface area contributed by atoms with Crippen molar-refractivity contribution in [3.63, 3.8) is 0 Å². The molecule has 0 aliphatic carbocycles. The van der Waals surface area contributed by atoms with Crippen LogP contribution in [0, 0.1) is 0 Å². The number of anilines is 4. The zero-order valence-electron chi connectivity index (χ0n) is 22.7. The van der Waals surface area contributed by atoms with Gasteiger partial charge < -0.3 is 4.90 Å². The normalized spacial score (nSPS) is 14.7. The van der Waals surface area contributed by atoms with Crippen LogP contribution in [-0.4, -0.2) is 0 Å². The highest BCUT2D eigenvalue weighted by Crippen LogP contribution is 2.53. The molecule has 1 aliphatic heterocycles. The molecule has 43 heavy (non-hydrogen) atoms. The van der Waals surface area contributed by atoms with Crippen molar-refractivity contribution in [1.82, 2.24) is 0 Å². The summed E-state index contributed by atoms with van der Waals surface area (Å²) in [6, 6.07) is 29.9. The van der Waals surface area contributed by atoms with Crippen LogP contribution < -0.4 is 9.21 Å². The number of benzene rings is 5. The van der Waals surface area contributed by atoms with Gasteiger partial charge in [-0.3, -0.25) is 4.31 Å². The molecule has 2 nitrogen and oxygen atoms in total. The second-order valence-electron chi connectivity index (χ2n) is 10.3. The molecule has 1 atom stereocenters. The topological polar surface area (TPSA) is 6.48 Å². The average molecular weight is 607 g/mol. The van der Waals surface area contributed by atoms with Crippen LogP contribution in [0.2, 0.25) is 0 Å². The molecular formula is C34H24F6N2S. The molecule has 1 heterocycles. The van der Waals surface area contributed by atoms with Gasteiger partial charge in [-0.2, -0.15) is 26.3 Å². The molecule has 0 N–H and O–H groups in total. The Kier molecular flexibility index (Phi) is 7.16. The molecule has 0 aromatic heterocycles. The molecule has 1 aliphatic rings. The summed E-state index contributed by atoms with van der Waals surface area (Å²) >= 11 is 4.67. The van der Waals surface area contributed by atoms with Gasteiger partial charge in [0.2, 0.25) is 0 Å². The number of rotatable bonds is 4. The van der Waals surface area contributed by atoms with Gasteiger partial charge in [0, 0.05) is 22.5 Å². The van der Waals surface area contributed by atoms with E-state index in [-0.39, 0.29) is 5.56 Å². The maximum Gasteiger partial charge on any atom is 0.416 e. The van der Waals surface area contributed by atoms with Gasteiger partial charge in [-0.25, -0.2) is 0 Å². The van der Waals surface area contributed by atoms with Crippen LogP contribution in [0.4, 0.5) is 49.1 Å². The Hall–Kier alpha value is -4.37. The smallest absolute Gasteiger partial charge is 0.334 e. The standard InChI is InChI=1S/C34H24F6N2S/c1-21-32-26(28-19-22(33(35,36)37)15-17-30(28)41(21)24-9-4-2-5-10-24)13-8-14-27(32)29-20-23(34(38,39)40)16-18-31(29)42(43)25-11-6-3-7-12-25/h2-21,43H,1H3. The average Bonchev–Trinajstić information content (AvgIpc) is 3.00. The van der Waals surface area contributed by atoms with E-state index in [2.05, 4.69) is 12.8 Å². The van der Waals surface area contributed by atoms with Crippen LogP contribution in [-0.2, 0) is 12.4 Å². The predicted molar refractivity (Wildman–Crippen MR) is 162 cm³/mol. The monoisotopic (exact) mass is 606 g/mol. The molecule has 0 radical (unpaired) electrons. The molecule has 0 spiro atoms. The van der Waals surface area contributed by atoms with Gasteiger partial charge in [-0.1, -0.05) is 67.4 Å². The van der Waals surface area contributed by atoms with E-state index in [9.17, 15) is 26.3 Å². The van der Waals surface area contributed by atoms with Gasteiger partial charge in [0.05, 0.1) is 28.5 Å². The van der Waals surface area contributed by atoms with Gasteiger partial charge in [-0.05, 0) is 84.3 Å². The number of alkyl halides is 6. The Morgan fingerprint density at radius 2 is 1.14 bits per heavy atom. The van der Waals surface area contributed by atoms with E-state index < -0.39 is 29.5 Å². The fourth-order valence-corrected chi connectivity index (χ4v) is 6.04. The van der Waals surface area contributed by atoms with Crippen molar-refractivity contribution in [2.24, 2.45) is 0 Å². The number of hydrogen-bond donors (Lipinski definition) is 1. The van der Waals surface area contributed by atoms with Crippen LogP contribution in [0.25, 0.3) is 22.3 Å². The van der Waals surface area contributed by atoms with Crippen LogP contribution >= 0.6 is 12.8 Å². The summed E-state index contributed by atoms with van der Waals surface area (Å²) in [5, 5.41) is 0. The molecule has 5 aromatic rings. The number of thiol groups is 1. The zero-order chi connectivity index (χ0) is 30.5. The van der Waals surface area contributed by atoms with Gasteiger partial charge in [0.1, 0.15) is 0 Å². The molecule has 0 amide bonds.